The van der Waals surface area contributed by atoms with Gasteiger partial charge in [0.05, 0.1) is 16.4 Å². The first-order valence-electron chi connectivity index (χ1n) is 9.07. The Bertz CT molecular complexity index is 1520. The van der Waals surface area contributed by atoms with Gasteiger partial charge in [-0.25, -0.2) is 9.78 Å². The van der Waals surface area contributed by atoms with Crippen molar-refractivity contribution < 1.29 is 19.0 Å². The quantitative estimate of drug-likeness (QED) is 0.259. The molecule has 2 aromatic heterocycles. The number of ether oxygens (including phenoxy) is 2. The van der Waals surface area contributed by atoms with E-state index in [0.717, 1.165) is 10.8 Å². The highest BCUT2D eigenvalue weighted by molar-refractivity contribution is 6.15. The standard InChI is InChI=1S/C23H13NO5/c25-13-5-3-4-12(8-13)20-15-9-18-19(28-11-27-18)10-16(15)24-22-14-6-1-2-7-17(14)29-23(26)21(20)22/h1-10,25H,11H2. The van der Waals surface area contributed by atoms with Crippen molar-refractivity contribution in [1.82, 2.24) is 4.98 Å². The van der Waals surface area contributed by atoms with E-state index in [1.165, 1.54) is 0 Å². The van der Waals surface area contributed by atoms with Gasteiger partial charge in [0.25, 0.3) is 0 Å². The predicted octanol–water partition coefficient (Wildman–Crippen LogP) is 4.60. The molecular weight excluding hydrogens is 370 g/mol. The number of aromatic nitrogens is 1. The molecule has 6 nitrogen and oxygen atoms in total. The van der Waals surface area contributed by atoms with Crippen molar-refractivity contribution >= 4 is 32.8 Å². The average Bonchev–Trinajstić information content (AvgIpc) is 3.18. The fraction of sp³-hybridized carbons (Fsp3) is 0.0435. The van der Waals surface area contributed by atoms with Crippen LogP contribution in [0.5, 0.6) is 17.2 Å². The molecule has 1 aliphatic heterocycles. The Morgan fingerprint density at radius 3 is 2.59 bits per heavy atom. The number of benzene rings is 3. The summed E-state index contributed by atoms with van der Waals surface area (Å²) in [6, 6.07) is 17.7. The minimum atomic E-state index is -0.482. The lowest BCUT2D eigenvalue weighted by Crippen LogP contribution is -2.04. The molecule has 29 heavy (non-hydrogen) atoms. The van der Waals surface area contributed by atoms with E-state index in [9.17, 15) is 9.90 Å². The van der Waals surface area contributed by atoms with E-state index < -0.39 is 5.63 Å². The topological polar surface area (TPSA) is 81.8 Å². The molecule has 0 spiro atoms. The summed E-state index contributed by atoms with van der Waals surface area (Å²) < 4.78 is 16.6. The summed E-state index contributed by atoms with van der Waals surface area (Å²) in [6.45, 7) is 0.137. The summed E-state index contributed by atoms with van der Waals surface area (Å²) in [5.74, 6) is 1.30. The summed E-state index contributed by atoms with van der Waals surface area (Å²) in [5.41, 5.74) is 2.52. The van der Waals surface area contributed by atoms with E-state index in [1.807, 2.05) is 36.4 Å². The Morgan fingerprint density at radius 1 is 0.897 bits per heavy atom. The van der Waals surface area contributed by atoms with Crippen LogP contribution in [0.4, 0.5) is 0 Å². The molecule has 6 heteroatoms. The number of hydrogen-bond acceptors (Lipinski definition) is 6. The van der Waals surface area contributed by atoms with E-state index >= 15 is 0 Å². The van der Waals surface area contributed by atoms with Gasteiger partial charge in [0, 0.05) is 22.4 Å². The van der Waals surface area contributed by atoms with Crippen LogP contribution >= 0.6 is 0 Å². The molecule has 0 radical (unpaired) electrons. The van der Waals surface area contributed by atoms with Crippen molar-refractivity contribution in [3.8, 4) is 28.4 Å². The lowest BCUT2D eigenvalue weighted by atomic mass is 9.95. The fourth-order valence-electron chi connectivity index (χ4n) is 3.91. The van der Waals surface area contributed by atoms with Gasteiger partial charge < -0.3 is 19.0 Å². The first kappa shape index (κ1) is 15.9. The number of para-hydroxylation sites is 1. The summed E-state index contributed by atoms with van der Waals surface area (Å²) in [6.07, 6.45) is 0. The first-order chi connectivity index (χ1) is 14.2. The van der Waals surface area contributed by atoms with Crippen LogP contribution in [-0.4, -0.2) is 16.9 Å². The Kier molecular flexibility index (Phi) is 3.14. The number of pyridine rings is 1. The largest absolute Gasteiger partial charge is 0.508 e. The lowest BCUT2D eigenvalue weighted by molar-refractivity contribution is 0.174. The Morgan fingerprint density at radius 2 is 1.72 bits per heavy atom. The second kappa shape index (κ2) is 5.72. The molecule has 0 saturated carbocycles. The average molecular weight is 383 g/mol. The maximum Gasteiger partial charge on any atom is 0.346 e. The Labute approximate surface area is 163 Å². The van der Waals surface area contributed by atoms with Gasteiger partial charge in [-0.15, -0.1) is 0 Å². The molecule has 3 aromatic carbocycles. The molecule has 3 heterocycles. The van der Waals surface area contributed by atoms with Crippen LogP contribution in [0.25, 0.3) is 43.9 Å². The highest BCUT2D eigenvalue weighted by atomic mass is 16.7. The molecule has 5 aromatic rings. The van der Waals surface area contributed by atoms with E-state index in [2.05, 4.69) is 0 Å². The summed E-state index contributed by atoms with van der Waals surface area (Å²) in [4.78, 5) is 17.8. The molecule has 1 aliphatic rings. The van der Waals surface area contributed by atoms with Crippen LogP contribution < -0.4 is 15.1 Å². The molecule has 6 rings (SSSR count). The zero-order valence-corrected chi connectivity index (χ0v) is 15.0. The van der Waals surface area contributed by atoms with Crippen LogP contribution in [-0.2, 0) is 0 Å². The Hall–Kier alpha value is -4.06. The second-order valence-electron chi connectivity index (χ2n) is 6.87. The van der Waals surface area contributed by atoms with E-state index in [0.29, 0.717) is 44.6 Å². The number of fused-ring (bicyclic) bond motifs is 5. The van der Waals surface area contributed by atoms with Crippen molar-refractivity contribution in [3.63, 3.8) is 0 Å². The highest BCUT2D eigenvalue weighted by Gasteiger charge is 2.22. The van der Waals surface area contributed by atoms with Gasteiger partial charge in [-0.2, -0.15) is 0 Å². The molecule has 140 valence electrons. The molecule has 1 N–H and O–H groups in total. The highest BCUT2D eigenvalue weighted by Crippen LogP contribution is 2.42. The number of hydrogen-bond donors (Lipinski definition) is 1. The van der Waals surface area contributed by atoms with E-state index in [4.69, 9.17) is 18.9 Å². The zero-order valence-electron chi connectivity index (χ0n) is 15.0. The number of aromatic hydroxyl groups is 1. The van der Waals surface area contributed by atoms with E-state index in [-0.39, 0.29) is 12.5 Å². The zero-order chi connectivity index (χ0) is 19.5. The molecular formula is C23H13NO5. The minimum absolute atomic E-state index is 0.103. The summed E-state index contributed by atoms with van der Waals surface area (Å²) in [7, 11) is 0. The third-order valence-electron chi connectivity index (χ3n) is 5.16. The maximum absolute atomic E-state index is 13.0. The Balaban J connectivity index is 1.89. The van der Waals surface area contributed by atoms with Gasteiger partial charge in [0.1, 0.15) is 11.3 Å². The van der Waals surface area contributed by atoms with Gasteiger partial charge >= 0.3 is 5.63 Å². The number of phenolic OH excluding ortho intramolecular Hbond substituents is 1. The van der Waals surface area contributed by atoms with Gasteiger partial charge in [-0.1, -0.05) is 24.3 Å². The number of rotatable bonds is 1. The van der Waals surface area contributed by atoms with Crippen molar-refractivity contribution in [2.75, 3.05) is 6.79 Å². The molecule has 0 atom stereocenters. The molecule has 0 unspecified atom stereocenters. The number of phenols is 1. The second-order valence-corrected chi connectivity index (χ2v) is 6.87. The monoisotopic (exact) mass is 383 g/mol. The van der Waals surface area contributed by atoms with Crippen LogP contribution in [0.15, 0.2) is 69.9 Å². The molecule has 0 fully saturated rings. The predicted molar refractivity (Wildman–Crippen MR) is 109 cm³/mol. The van der Waals surface area contributed by atoms with Crippen LogP contribution in [0.3, 0.4) is 0 Å². The molecule has 0 aliphatic carbocycles. The van der Waals surface area contributed by atoms with Crippen LogP contribution in [0.1, 0.15) is 0 Å². The lowest BCUT2D eigenvalue weighted by Gasteiger charge is -2.12. The third kappa shape index (κ3) is 2.29. The van der Waals surface area contributed by atoms with Crippen molar-refractivity contribution in [1.29, 1.82) is 0 Å². The fourth-order valence-corrected chi connectivity index (χ4v) is 3.91. The summed E-state index contributed by atoms with van der Waals surface area (Å²) >= 11 is 0. The SMILES string of the molecule is O=c1oc2ccccc2c2nc3cc4c(cc3c(-c3cccc(O)c3)c12)OCO4. The summed E-state index contributed by atoms with van der Waals surface area (Å²) in [5, 5.41) is 11.9. The maximum atomic E-state index is 13.0. The van der Waals surface area contributed by atoms with Crippen LogP contribution in [0, 0.1) is 0 Å². The van der Waals surface area contributed by atoms with Crippen LogP contribution in [0.2, 0.25) is 0 Å². The molecule has 0 amide bonds. The minimum Gasteiger partial charge on any atom is -0.508 e. The van der Waals surface area contributed by atoms with Gasteiger partial charge in [-0.3, -0.25) is 0 Å². The molecule has 0 bridgehead atoms. The van der Waals surface area contributed by atoms with Crippen molar-refractivity contribution in [3.05, 3.63) is 71.1 Å². The van der Waals surface area contributed by atoms with Gasteiger partial charge in [0.15, 0.2) is 11.5 Å². The third-order valence-corrected chi connectivity index (χ3v) is 5.16. The number of nitrogens with zero attached hydrogens (tertiary/aromatic N) is 1. The van der Waals surface area contributed by atoms with Gasteiger partial charge in [0.2, 0.25) is 6.79 Å². The first-order valence-corrected chi connectivity index (χ1v) is 9.07. The molecule has 0 saturated heterocycles. The van der Waals surface area contributed by atoms with E-state index in [1.54, 1.807) is 24.3 Å². The van der Waals surface area contributed by atoms with Crippen molar-refractivity contribution in [2.45, 2.75) is 0 Å². The smallest absolute Gasteiger partial charge is 0.346 e. The van der Waals surface area contributed by atoms with Crippen molar-refractivity contribution in [2.24, 2.45) is 0 Å². The normalized spacial score (nSPS) is 12.8. The van der Waals surface area contributed by atoms with Gasteiger partial charge in [-0.05, 0) is 35.9 Å².